The lowest BCUT2D eigenvalue weighted by atomic mass is 9.87. The van der Waals surface area contributed by atoms with Gasteiger partial charge in [0.15, 0.2) is 23.3 Å². The second-order valence-electron chi connectivity index (χ2n) is 4.06. The van der Waals surface area contributed by atoms with E-state index in [0.29, 0.717) is 0 Å². The molecule has 110 valence electrons. The molecule has 0 radical (unpaired) electrons. The van der Waals surface area contributed by atoms with Crippen LogP contribution in [0.5, 0.6) is 0 Å². The van der Waals surface area contributed by atoms with Crippen LogP contribution in [0.2, 0.25) is 0 Å². The van der Waals surface area contributed by atoms with Crippen molar-refractivity contribution in [2.24, 2.45) is 0 Å². The lowest BCUT2D eigenvalue weighted by molar-refractivity contribution is -0.129. The first-order valence-corrected chi connectivity index (χ1v) is 5.84. The number of benzene rings is 1. The van der Waals surface area contributed by atoms with Crippen LogP contribution in [0, 0.1) is 29.1 Å². The van der Waals surface area contributed by atoms with Gasteiger partial charge in [-0.3, -0.25) is 9.59 Å². The maximum Gasteiger partial charge on any atom is 0.200 e. The molecule has 0 aliphatic rings. The Morgan fingerprint density at radius 3 is 1.35 bits per heavy atom. The number of halogens is 5. The van der Waals surface area contributed by atoms with Crippen molar-refractivity contribution in [2.75, 3.05) is 0 Å². The summed E-state index contributed by atoms with van der Waals surface area (Å²) in [6, 6.07) is 0. The number of hydrogen-bond acceptors (Lipinski definition) is 2. The second-order valence-corrected chi connectivity index (χ2v) is 4.06. The van der Waals surface area contributed by atoms with Crippen LogP contribution in [-0.2, 0) is 9.59 Å². The smallest absolute Gasteiger partial charge is 0.200 e. The first kappa shape index (κ1) is 16.3. The molecule has 0 fully saturated rings. The third-order valence-electron chi connectivity index (χ3n) is 2.87. The van der Waals surface area contributed by atoms with E-state index in [4.69, 9.17) is 0 Å². The average Bonchev–Trinajstić information content (AvgIpc) is 2.45. The molecule has 0 saturated carbocycles. The van der Waals surface area contributed by atoms with Crippen molar-refractivity contribution in [3.05, 3.63) is 34.6 Å². The molecule has 7 heteroatoms. The average molecular weight is 294 g/mol. The zero-order valence-electron chi connectivity index (χ0n) is 10.7. The Bertz CT molecular complexity index is 523. The zero-order valence-corrected chi connectivity index (χ0v) is 10.7. The highest BCUT2D eigenvalue weighted by molar-refractivity contribution is 6.07. The van der Waals surface area contributed by atoms with Crippen molar-refractivity contribution in [3.63, 3.8) is 0 Å². The molecule has 2 nitrogen and oxygen atoms in total. The van der Waals surface area contributed by atoms with E-state index in [9.17, 15) is 31.5 Å². The van der Waals surface area contributed by atoms with Crippen LogP contribution in [0.1, 0.15) is 38.2 Å². The molecule has 0 amide bonds. The lowest BCUT2D eigenvalue weighted by Crippen LogP contribution is -2.25. The van der Waals surface area contributed by atoms with Gasteiger partial charge in [0.25, 0.3) is 0 Å². The molecule has 0 spiro atoms. The SMILES string of the molecule is CCC(=O)C(C(=O)CC)c1c(F)c(F)c(F)c(F)c1F. The summed E-state index contributed by atoms with van der Waals surface area (Å²) in [5.41, 5.74) is -1.37. The standard InChI is InChI=1S/C13H11F5O2/c1-3-5(19)7(6(20)4-2)8-9(14)11(16)13(18)12(17)10(8)15/h7H,3-4H2,1-2H3. The van der Waals surface area contributed by atoms with Gasteiger partial charge < -0.3 is 0 Å². The van der Waals surface area contributed by atoms with E-state index >= 15 is 0 Å². The van der Waals surface area contributed by atoms with Crippen molar-refractivity contribution in [1.82, 2.24) is 0 Å². The van der Waals surface area contributed by atoms with E-state index in [1.165, 1.54) is 13.8 Å². The van der Waals surface area contributed by atoms with Crippen molar-refractivity contribution in [3.8, 4) is 0 Å². The molecule has 0 saturated heterocycles. The molecule has 0 aromatic heterocycles. The molecule has 1 rings (SSSR count). The highest BCUT2D eigenvalue weighted by atomic mass is 19.2. The van der Waals surface area contributed by atoms with Crippen LogP contribution in [0.15, 0.2) is 0 Å². The van der Waals surface area contributed by atoms with E-state index in [2.05, 4.69) is 0 Å². The fourth-order valence-electron chi connectivity index (χ4n) is 1.79. The summed E-state index contributed by atoms with van der Waals surface area (Å²) in [5, 5.41) is 0. The number of Topliss-reactive ketones (excluding diaryl/α,β-unsaturated/α-hetero) is 2. The summed E-state index contributed by atoms with van der Waals surface area (Å²) in [7, 11) is 0. The van der Waals surface area contributed by atoms with Gasteiger partial charge >= 0.3 is 0 Å². The monoisotopic (exact) mass is 294 g/mol. The van der Waals surface area contributed by atoms with Gasteiger partial charge in [-0.05, 0) is 0 Å². The Balaban J connectivity index is 3.65. The molecule has 0 N–H and O–H groups in total. The van der Waals surface area contributed by atoms with Crippen LogP contribution < -0.4 is 0 Å². The normalized spacial score (nSPS) is 11.0. The molecule has 0 heterocycles. The maximum absolute atomic E-state index is 13.6. The Kier molecular flexibility index (Phi) is 4.97. The number of carbonyl (C=O) groups is 2. The summed E-state index contributed by atoms with van der Waals surface area (Å²) in [6.07, 6.45) is -0.536. The summed E-state index contributed by atoms with van der Waals surface area (Å²) < 4.78 is 66.4. The van der Waals surface area contributed by atoms with Crippen LogP contribution >= 0.6 is 0 Å². The van der Waals surface area contributed by atoms with Gasteiger partial charge in [0.1, 0.15) is 17.5 Å². The largest absolute Gasteiger partial charge is 0.299 e. The summed E-state index contributed by atoms with van der Waals surface area (Å²) in [6.45, 7) is 2.65. The minimum atomic E-state index is -2.32. The first-order chi connectivity index (χ1) is 9.27. The molecule has 0 unspecified atom stereocenters. The highest BCUT2D eigenvalue weighted by Gasteiger charge is 2.36. The molecule has 0 atom stereocenters. The number of rotatable bonds is 5. The van der Waals surface area contributed by atoms with Gasteiger partial charge in [0, 0.05) is 18.4 Å². The number of ketones is 2. The van der Waals surface area contributed by atoms with Gasteiger partial charge in [-0.2, -0.15) is 0 Å². The predicted molar refractivity (Wildman–Crippen MR) is 59.6 cm³/mol. The molecule has 1 aromatic carbocycles. The van der Waals surface area contributed by atoms with Gasteiger partial charge in [-0.15, -0.1) is 0 Å². The summed E-state index contributed by atoms with van der Waals surface area (Å²) in [4.78, 5) is 23.3. The Hall–Kier alpha value is -1.79. The van der Waals surface area contributed by atoms with Crippen LogP contribution in [0.3, 0.4) is 0 Å². The van der Waals surface area contributed by atoms with Crippen molar-refractivity contribution < 1.29 is 31.5 Å². The minimum Gasteiger partial charge on any atom is -0.299 e. The topological polar surface area (TPSA) is 34.1 Å². The molecule has 0 aliphatic heterocycles. The number of carbonyl (C=O) groups excluding carboxylic acids is 2. The molecular formula is C13H11F5O2. The van der Waals surface area contributed by atoms with Crippen molar-refractivity contribution >= 4 is 11.6 Å². The third-order valence-corrected chi connectivity index (χ3v) is 2.87. The Morgan fingerprint density at radius 2 is 1.05 bits per heavy atom. The van der Waals surface area contributed by atoms with Crippen molar-refractivity contribution in [1.29, 1.82) is 0 Å². The quantitative estimate of drug-likeness (QED) is 0.361. The van der Waals surface area contributed by atoms with Crippen LogP contribution in [-0.4, -0.2) is 11.6 Å². The molecule has 0 aliphatic carbocycles. The van der Waals surface area contributed by atoms with Gasteiger partial charge in [-0.1, -0.05) is 13.8 Å². The van der Waals surface area contributed by atoms with E-state index in [1.54, 1.807) is 0 Å². The number of hydrogen-bond donors (Lipinski definition) is 0. The van der Waals surface area contributed by atoms with E-state index in [1.807, 2.05) is 0 Å². The Labute approximate surface area is 111 Å². The van der Waals surface area contributed by atoms with Gasteiger partial charge in [-0.25, -0.2) is 22.0 Å². The van der Waals surface area contributed by atoms with Gasteiger partial charge in [0.2, 0.25) is 5.82 Å². The van der Waals surface area contributed by atoms with Crippen LogP contribution in [0.25, 0.3) is 0 Å². The Morgan fingerprint density at radius 1 is 0.750 bits per heavy atom. The second kappa shape index (κ2) is 6.11. The van der Waals surface area contributed by atoms with E-state index < -0.39 is 52.1 Å². The third kappa shape index (κ3) is 2.57. The van der Waals surface area contributed by atoms with E-state index in [-0.39, 0.29) is 12.8 Å². The molecule has 1 aromatic rings. The lowest BCUT2D eigenvalue weighted by Gasteiger charge is -2.16. The molecule has 20 heavy (non-hydrogen) atoms. The van der Waals surface area contributed by atoms with Crippen LogP contribution in [0.4, 0.5) is 22.0 Å². The fraction of sp³-hybridized carbons (Fsp3) is 0.385. The van der Waals surface area contributed by atoms with Gasteiger partial charge in [0.05, 0.1) is 0 Å². The maximum atomic E-state index is 13.6. The molecular weight excluding hydrogens is 283 g/mol. The first-order valence-electron chi connectivity index (χ1n) is 5.84. The van der Waals surface area contributed by atoms with E-state index in [0.717, 1.165) is 0 Å². The summed E-state index contributed by atoms with van der Waals surface area (Å²) in [5.74, 6) is -14.7. The summed E-state index contributed by atoms with van der Waals surface area (Å²) >= 11 is 0. The fourth-order valence-corrected chi connectivity index (χ4v) is 1.79. The van der Waals surface area contributed by atoms with Crippen molar-refractivity contribution in [2.45, 2.75) is 32.6 Å². The highest BCUT2D eigenvalue weighted by Crippen LogP contribution is 2.31. The molecule has 0 bridgehead atoms. The zero-order chi connectivity index (χ0) is 15.6. The predicted octanol–water partition coefficient (Wildman–Crippen LogP) is 3.42. The minimum absolute atomic E-state index is 0.268.